The molecule has 1 unspecified atom stereocenters. The Morgan fingerprint density at radius 3 is 2.86 bits per heavy atom. The second kappa shape index (κ2) is 4.65. The number of nitrogen functional groups attached to an aromatic ring is 1. The Hall–Kier alpha value is -1.51. The highest BCUT2D eigenvalue weighted by atomic mass is 16.5. The summed E-state index contributed by atoms with van der Waals surface area (Å²) in [6.45, 7) is 4.28. The van der Waals surface area contributed by atoms with E-state index in [1.807, 2.05) is 26.0 Å². The molecule has 0 radical (unpaired) electrons. The third-order valence-electron chi connectivity index (χ3n) is 2.09. The Bertz CT molecular complexity index is 323. The van der Waals surface area contributed by atoms with Crippen LogP contribution < -0.4 is 10.5 Å². The van der Waals surface area contributed by atoms with Gasteiger partial charge in [0.2, 0.25) is 0 Å². The number of carbonyl (C=O) groups is 1. The van der Waals surface area contributed by atoms with Crippen molar-refractivity contribution in [3.63, 3.8) is 0 Å². The van der Waals surface area contributed by atoms with Gasteiger partial charge in [0.1, 0.15) is 12.0 Å². The van der Waals surface area contributed by atoms with Crippen LogP contribution in [-0.2, 0) is 4.79 Å². The molecule has 0 aliphatic heterocycles. The summed E-state index contributed by atoms with van der Waals surface area (Å²) in [6, 6.07) is 5.49. The highest BCUT2D eigenvalue weighted by Gasteiger charge is 2.10. The van der Waals surface area contributed by atoms with E-state index in [1.54, 1.807) is 6.07 Å². The number of nitrogens with two attached hydrogens (primary N) is 1. The number of benzene rings is 1. The molecule has 0 heterocycles. The van der Waals surface area contributed by atoms with Crippen molar-refractivity contribution in [2.45, 2.75) is 19.8 Å². The molecule has 76 valence electrons. The van der Waals surface area contributed by atoms with E-state index < -0.39 is 0 Å². The Morgan fingerprint density at radius 1 is 1.57 bits per heavy atom. The summed E-state index contributed by atoms with van der Waals surface area (Å²) in [5.74, 6) is 0.467. The first-order valence-electron chi connectivity index (χ1n) is 4.67. The highest BCUT2D eigenvalue weighted by Crippen LogP contribution is 2.29. The zero-order chi connectivity index (χ0) is 10.6. The van der Waals surface area contributed by atoms with Crippen LogP contribution in [0.1, 0.15) is 25.3 Å². The molecule has 0 aliphatic rings. The number of rotatable bonds is 4. The summed E-state index contributed by atoms with van der Waals surface area (Å²) in [7, 11) is 0. The molecule has 0 saturated heterocycles. The fourth-order valence-corrected chi connectivity index (χ4v) is 1.31. The predicted molar refractivity (Wildman–Crippen MR) is 56.5 cm³/mol. The molecular weight excluding hydrogens is 178 g/mol. The van der Waals surface area contributed by atoms with Crippen LogP contribution >= 0.6 is 0 Å². The minimum Gasteiger partial charge on any atom is -0.492 e. The van der Waals surface area contributed by atoms with E-state index in [0.717, 1.165) is 11.8 Å². The molecule has 3 heteroatoms. The van der Waals surface area contributed by atoms with Gasteiger partial charge in [-0.15, -0.1) is 0 Å². The van der Waals surface area contributed by atoms with E-state index in [9.17, 15) is 4.79 Å². The van der Waals surface area contributed by atoms with E-state index >= 15 is 0 Å². The maximum atomic E-state index is 10.6. The molecule has 1 rings (SSSR count). The zero-order valence-electron chi connectivity index (χ0n) is 8.49. The van der Waals surface area contributed by atoms with Crippen molar-refractivity contribution in [1.29, 1.82) is 0 Å². The molecule has 0 amide bonds. The standard InChI is InChI=1S/C11H15NO2/c1-3-14-10-6-4-5-9(11(10)12)8(2)7-13/h4-8H,3,12H2,1-2H3. The molecule has 0 fully saturated rings. The van der Waals surface area contributed by atoms with E-state index in [1.165, 1.54) is 0 Å². The molecule has 0 spiro atoms. The van der Waals surface area contributed by atoms with Crippen molar-refractivity contribution in [2.75, 3.05) is 12.3 Å². The maximum absolute atomic E-state index is 10.6. The monoisotopic (exact) mass is 193 g/mol. The third-order valence-corrected chi connectivity index (χ3v) is 2.09. The van der Waals surface area contributed by atoms with Gasteiger partial charge in [-0.1, -0.05) is 19.1 Å². The molecule has 0 saturated carbocycles. The van der Waals surface area contributed by atoms with Gasteiger partial charge < -0.3 is 15.3 Å². The minimum atomic E-state index is -0.185. The predicted octanol–water partition coefficient (Wildman–Crippen LogP) is 1.97. The first kappa shape index (κ1) is 10.6. The molecule has 2 N–H and O–H groups in total. The fraction of sp³-hybridized carbons (Fsp3) is 0.364. The number of para-hydroxylation sites is 1. The Labute approximate surface area is 83.9 Å². The molecule has 14 heavy (non-hydrogen) atoms. The third kappa shape index (κ3) is 2.05. The van der Waals surface area contributed by atoms with E-state index in [0.29, 0.717) is 18.0 Å². The van der Waals surface area contributed by atoms with Crippen LogP contribution in [0, 0.1) is 0 Å². The summed E-state index contributed by atoms with van der Waals surface area (Å²) in [4.78, 5) is 10.6. The van der Waals surface area contributed by atoms with Gasteiger partial charge >= 0.3 is 0 Å². The average molecular weight is 193 g/mol. The topological polar surface area (TPSA) is 52.3 Å². The Kier molecular flexibility index (Phi) is 3.51. The van der Waals surface area contributed by atoms with Crippen molar-refractivity contribution in [2.24, 2.45) is 0 Å². The zero-order valence-corrected chi connectivity index (χ0v) is 8.49. The molecule has 1 aromatic carbocycles. The molecule has 1 aromatic rings. The molecule has 1 atom stereocenters. The van der Waals surface area contributed by atoms with Gasteiger partial charge in [-0.05, 0) is 18.6 Å². The number of hydrogen-bond acceptors (Lipinski definition) is 3. The summed E-state index contributed by atoms with van der Waals surface area (Å²) in [6.07, 6.45) is 0.876. The van der Waals surface area contributed by atoms with E-state index in [-0.39, 0.29) is 5.92 Å². The van der Waals surface area contributed by atoms with Crippen LogP contribution in [-0.4, -0.2) is 12.9 Å². The van der Waals surface area contributed by atoms with Crippen LogP contribution in [0.5, 0.6) is 5.75 Å². The van der Waals surface area contributed by atoms with Gasteiger partial charge in [0.15, 0.2) is 0 Å². The molecule has 3 nitrogen and oxygen atoms in total. The maximum Gasteiger partial charge on any atom is 0.142 e. The van der Waals surface area contributed by atoms with Crippen molar-refractivity contribution < 1.29 is 9.53 Å². The lowest BCUT2D eigenvalue weighted by molar-refractivity contribution is -0.108. The van der Waals surface area contributed by atoms with Crippen LogP contribution in [0.2, 0.25) is 0 Å². The Morgan fingerprint density at radius 2 is 2.29 bits per heavy atom. The largest absolute Gasteiger partial charge is 0.492 e. The van der Waals surface area contributed by atoms with Gasteiger partial charge in [-0.3, -0.25) is 0 Å². The van der Waals surface area contributed by atoms with Crippen molar-refractivity contribution >= 4 is 12.0 Å². The van der Waals surface area contributed by atoms with Crippen LogP contribution in [0.3, 0.4) is 0 Å². The van der Waals surface area contributed by atoms with Crippen molar-refractivity contribution in [3.05, 3.63) is 23.8 Å². The molecule has 0 aromatic heterocycles. The van der Waals surface area contributed by atoms with Gasteiger partial charge in [0.25, 0.3) is 0 Å². The van der Waals surface area contributed by atoms with Crippen molar-refractivity contribution in [1.82, 2.24) is 0 Å². The second-order valence-corrected chi connectivity index (χ2v) is 3.12. The Balaban J connectivity index is 3.06. The number of hydrogen-bond donors (Lipinski definition) is 1. The van der Waals surface area contributed by atoms with Crippen LogP contribution in [0.25, 0.3) is 0 Å². The van der Waals surface area contributed by atoms with E-state index in [2.05, 4.69) is 0 Å². The quantitative estimate of drug-likeness (QED) is 0.587. The summed E-state index contributed by atoms with van der Waals surface area (Å²) in [5.41, 5.74) is 7.25. The highest BCUT2D eigenvalue weighted by molar-refractivity contribution is 5.70. The van der Waals surface area contributed by atoms with E-state index in [4.69, 9.17) is 10.5 Å². The lowest BCUT2D eigenvalue weighted by Gasteiger charge is -2.12. The average Bonchev–Trinajstić information content (AvgIpc) is 2.20. The normalized spacial score (nSPS) is 12.1. The summed E-state index contributed by atoms with van der Waals surface area (Å²) in [5, 5.41) is 0. The molecule has 0 bridgehead atoms. The smallest absolute Gasteiger partial charge is 0.142 e. The number of anilines is 1. The summed E-state index contributed by atoms with van der Waals surface area (Å²) < 4.78 is 5.33. The summed E-state index contributed by atoms with van der Waals surface area (Å²) >= 11 is 0. The van der Waals surface area contributed by atoms with Gasteiger partial charge in [-0.2, -0.15) is 0 Å². The van der Waals surface area contributed by atoms with Gasteiger partial charge in [0.05, 0.1) is 12.3 Å². The lowest BCUT2D eigenvalue weighted by Crippen LogP contribution is -2.03. The SMILES string of the molecule is CCOc1cccc(C(C)C=O)c1N. The van der Waals surface area contributed by atoms with Crippen molar-refractivity contribution in [3.8, 4) is 5.75 Å². The van der Waals surface area contributed by atoms with Crippen LogP contribution in [0.4, 0.5) is 5.69 Å². The number of ether oxygens (including phenoxy) is 1. The fourth-order valence-electron chi connectivity index (χ4n) is 1.31. The first-order chi connectivity index (χ1) is 6.70. The minimum absolute atomic E-state index is 0.185. The first-order valence-corrected chi connectivity index (χ1v) is 4.67. The van der Waals surface area contributed by atoms with Crippen LogP contribution in [0.15, 0.2) is 18.2 Å². The molecular formula is C11H15NO2. The molecule has 0 aliphatic carbocycles. The number of carbonyl (C=O) groups excluding carboxylic acids is 1. The van der Waals surface area contributed by atoms with Gasteiger partial charge in [0, 0.05) is 5.92 Å². The second-order valence-electron chi connectivity index (χ2n) is 3.12. The van der Waals surface area contributed by atoms with Gasteiger partial charge in [-0.25, -0.2) is 0 Å². The number of aldehydes is 1. The lowest BCUT2D eigenvalue weighted by atomic mass is 10.0.